The van der Waals surface area contributed by atoms with Gasteiger partial charge in [-0.3, -0.25) is 0 Å². The molecule has 0 atom stereocenters. The van der Waals surface area contributed by atoms with Gasteiger partial charge in [0, 0.05) is 29.6 Å². The van der Waals surface area contributed by atoms with Gasteiger partial charge in [-0.2, -0.15) is 17.7 Å². The molecule has 3 heterocycles. The fourth-order valence-electron chi connectivity index (χ4n) is 2.37. The number of aromatic nitrogens is 6. The molecule has 0 unspecified atom stereocenters. The molecule has 0 aliphatic heterocycles. The van der Waals surface area contributed by atoms with E-state index in [0.717, 1.165) is 12.1 Å². The lowest BCUT2D eigenvalue weighted by molar-refractivity contribution is -0.137. The van der Waals surface area contributed by atoms with Crippen LogP contribution in [0.1, 0.15) is 5.56 Å². The van der Waals surface area contributed by atoms with Crippen molar-refractivity contribution in [2.45, 2.75) is 6.18 Å². The summed E-state index contributed by atoms with van der Waals surface area (Å²) < 4.78 is 46.2. The third-order valence-electron chi connectivity index (χ3n) is 3.60. The second-order valence-electron chi connectivity index (χ2n) is 5.35. The first-order valence-electron chi connectivity index (χ1n) is 7.44. The monoisotopic (exact) mass is 392 g/mol. The molecule has 4 aromatic rings. The third kappa shape index (κ3) is 3.38. The summed E-state index contributed by atoms with van der Waals surface area (Å²) in [5.41, 5.74) is 0.375. The molecule has 11 heteroatoms. The molecule has 7 nitrogen and oxygen atoms in total. The largest absolute Gasteiger partial charge is 0.437 e. The van der Waals surface area contributed by atoms with Crippen LogP contribution in [-0.2, 0) is 6.18 Å². The molecule has 0 fully saturated rings. The van der Waals surface area contributed by atoms with E-state index < -0.39 is 11.7 Å². The fourth-order valence-corrected chi connectivity index (χ4v) is 2.53. The number of halogens is 4. The van der Waals surface area contributed by atoms with Crippen molar-refractivity contribution < 1.29 is 17.9 Å². The molecule has 0 aliphatic carbocycles. The molecule has 4 rings (SSSR count). The van der Waals surface area contributed by atoms with Gasteiger partial charge in [-0.25, -0.2) is 9.97 Å². The van der Waals surface area contributed by atoms with Gasteiger partial charge in [-0.05, 0) is 35.9 Å². The topological polar surface area (TPSA) is 78.1 Å². The van der Waals surface area contributed by atoms with Gasteiger partial charge in [0.05, 0.1) is 5.56 Å². The van der Waals surface area contributed by atoms with Crippen molar-refractivity contribution in [2.24, 2.45) is 0 Å². The van der Waals surface area contributed by atoms with Crippen LogP contribution in [0.5, 0.6) is 11.6 Å². The molecule has 0 bridgehead atoms. The second-order valence-corrected chi connectivity index (χ2v) is 5.69. The molecular weight excluding hydrogens is 385 g/mol. The molecule has 3 aromatic heterocycles. The van der Waals surface area contributed by atoms with Crippen LogP contribution in [0.15, 0.2) is 49.1 Å². The van der Waals surface area contributed by atoms with E-state index in [1.807, 2.05) is 0 Å². The number of alkyl halides is 3. The first-order chi connectivity index (χ1) is 12.9. The molecule has 27 heavy (non-hydrogen) atoms. The highest BCUT2D eigenvalue weighted by atomic mass is 35.5. The Bertz CT molecular complexity index is 1120. The van der Waals surface area contributed by atoms with Gasteiger partial charge in [0.2, 0.25) is 11.2 Å². The Morgan fingerprint density at radius 2 is 1.78 bits per heavy atom. The maximum absolute atomic E-state index is 13.1. The molecule has 0 radical (unpaired) electrons. The van der Waals surface area contributed by atoms with E-state index in [4.69, 9.17) is 16.3 Å². The average molecular weight is 393 g/mol. The molecule has 0 saturated carbocycles. The summed E-state index contributed by atoms with van der Waals surface area (Å²) in [6.45, 7) is 0. The smallest absolute Gasteiger partial charge is 0.416 e. The summed E-state index contributed by atoms with van der Waals surface area (Å²) in [7, 11) is 0. The van der Waals surface area contributed by atoms with E-state index in [0.29, 0.717) is 16.8 Å². The molecule has 0 aliphatic rings. The number of benzene rings is 1. The van der Waals surface area contributed by atoms with E-state index in [1.54, 1.807) is 0 Å². The zero-order chi connectivity index (χ0) is 19.0. The van der Waals surface area contributed by atoms with Gasteiger partial charge in [0.15, 0.2) is 5.65 Å². The summed E-state index contributed by atoms with van der Waals surface area (Å²) in [5, 5.41) is 11.5. The molecule has 0 amide bonds. The highest BCUT2D eigenvalue weighted by Gasteiger charge is 2.31. The van der Waals surface area contributed by atoms with Crippen LogP contribution in [0.4, 0.5) is 13.2 Å². The first kappa shape index (κ1) is 17.2. The highest BCUT2D eigenvalue weighted by Crippen LogP contribution is 2.38. The Morgan fingerprint density at radius 1 is 1.00 bits per heavy atom. The average Bonchev–Trinajstić information content (AvgIpc) is 3.02. The predicted molar refractivity (Wildman–Crippen MR) is 88.3 cm³/mol. The molecular formula is C16H8ClF3N6O. The zero-order valence-electron chi connectivity index (χ0n) is 13.2. The van der Waals surface area contributed by atoms with Gasteiger partial charge in [0.1, 0.15) is 12.1 Å². The summed E-state index contributed by atoms with van der Waals surface area (Å²) in [5.74, 6) is -0.0442. The van der Waals surface area contributed by atoms with Gasteiger partial charge in [-0.15, -0.1) is 15.3 Å². The van der Waals surface area contributed by atoms with Crippen LogP contribution in [0.25, 0.3) is 16.8 Å². The van der Waals surface area contributed by atoms with E-state index in [-0.39, 0.29) is 16.9 Å². The Hall–Kier alpha value is -3.27. The minimum atomic E-state index is -4.53. The van der Waals surface area contributed by atoms with Crippen molar-refractivity contribution in [1.82, 2.24) is 29.8 Å². The molecule has 0 spiro atoms. The van der Waals surface area contributed by atoms with Crippen LogP contribution in [0.2, 0.25) is 5.28 Å². The maximum Gasteiger partial charge on any atom is 0.416 e. The summed E-state index contributed by atoms with van der Waals surface area (Å²) >= 11 is 5.87. The minimum absolute atomic E-state index is 0.00354. The van der Waals surface area contributed by atoms with Gasteiger partial charge < -0.3 is 4.74 Å². The number of rotatable bonds is 3. The Kier molecular flexibility index (Phi) is 4.11. The van der Waals surface area contributed by atoms with Crippen molar-refractivity contribution in [3.8, 4) is 22.8 Å². The minimum Gasteiger partial charge on any atom is -0.437 e. The lowest BCUT2D eigenvalue weighted by Crippen LogP contribution is -2.05. The van der Waals surface area contributed by atoms with Crippen molar-refractivity contribution in [2.75, 3.05) is 0 Å². The summed E-state index contributed by atoms with van der Waals surface area (Å²) in [6.07, 6.45) is -0.276. The predicted octanol–water partition coefficient (Wildman–Crippen LogP) is 4.05. The Morgan fingerprint density at radius 3 is 2.52 bits per heavy atom. The summed E-state index contributed by atoms with van der Waals surface area (Å²) in [6, 6.07) is 6.12. The molecule has 0 N–H and O–H groups in total. The quantitative estimate of drug-likeness (QED) is 0.523. The normalized spacial score (nSPS) is 11.7. The van der Waals surface area contributed by atoms with Crippen LogP contribution in [-0.4, -0.2) is 29.8 Å². The van der Waals surface area contributed by atoms with Crippen LogP contribution in [0, 0.1) is 0 Å². The van der Waals surface area contributed by atoms with Crippen molar-refractivity contribution >= 4 is 17.2 Å². The van der Waals surface area contributed by atoms with E-state index >= 15 is 0 Å². The second kappa shape index (κ2) is 6.47. The number of fused-ring (bicyclic) bond motifs is 1. The molecule has 1 aromatic carbocycles. The van der Waals surface area contributed by atoms with Crippen molar-refractivity contribution in [1.29, 1.82) is 0 Å². The van der Waals surface area contributed by atoms with E-state index in [9.17, 15) is 13.2 Å². The summed E-state index contributed by atoms with van der Waals surface area (Å²) in [4.78, 5) is 7.77. The number of ether oxygens (including phenoxy) is 1. The molecule has 136 valence electrons. The number of nitrogens with zero attached hydrogens (tertiary/aromatic N) is 6. The lowest BCUT2D eigenvalue weighted by atomic mass is 10.0. The van der Waals surface area contributed by atoms with Crippen LogP contribution < -0.4 is 4.74 Å². The highest BCUT2D eigenvalue weighted by molar-refractivity contribution is 6.28. The Labute approximate surface area is 154 Å². The van der Waals surface area contributed by atoms with E-state index in [1.165, 1.54) is 41.4 Å². The number of hydrogen-bond donors (Lipinski definition) is 0. The van der Waals surface area contributed by atoms with Crippen LogP contribution in [0.3, 0.4) is 0 Å². The SMILES string of the molecule is FC(F)(F)c1ccc(-c2cncnc2)c(Oc2ccc3nnc(Cl)n3n2)c1. The van der Waals surface area contributed by atoms with Gasteiger partial charge in [0.25, 0.3) is 0 Å². The van der Waals surface area contributed by atoms with Crippen molar-refractivity contribution in [3.63, 3.8) is 0 Å². The van der Waals surface area contributed by atoms with Gasteiger partial charge >= 0.3 is 6.18 Å². The fraction of sp³-hybridized carbons (Fsp3) is 0.0625. The van der Waals surface area contributed by atoms with Crippen LogP contribution >= 0.6 is 11.6 Å². The molecule has 0 saturated heterocycles. The number of hydrogen-bond acceptors (Lipinski definition) is 6. The van der Waals surface area contributed by atoms with Gasteiger partial charge in [-0.1, -0.05) is 0 Å². The maximum atomic E-state index is 13.1. The Balaban J connectivity index is 1.81. The van der Waals surface area contributed by atoms with E-state index in [2.05, 4.69) is 25.3 Å². The lowest BCUT2D eigenvalue weighted by Gasteiger charge is -2.14. The first-order valence-corrected chi connectivity index (χ1v) is 7.82. The zero-order valence-corrected chi connectivity index (χ0v) is 14.0. The standard InChI is InChI=1S/C16H8ClF3N6O/c17-15-24-23-13-3-4-14(25-26(13)15)27-12-5-10(16(18,19)20)1-2-11(12)9-6-21-8-22-7-9/h1-8H. The van der Waals surface area contributed by atoms with Crippen molar-refractivity contribution in [3.05, 3.63) is 59.9 Å². The third-order valence-corrected chi connectivity index (χ3v) is 3.83.